The van der Waals surface area contributed by atoms with Crippen molar-refractivity contribution in [2.45, 2.75) is 270 Å². The van der Waals surface area contributed by atoms with Gasteiger partial charge in [0.1, 0.15) is 6.10 Å². The number of amides is 1. The molecule has 0 aliphatic heterocycles. The summed E-state index contributed by atoms with van der Waals surface area (Å²) in [6, 6.07) is -0.712. The van der Waals surface area contributed by atoms with Crippen LogP contribution in [0, 0.1) is 0 Å². The quantitative estimate of drug-likeness (QED) is 0.0322. The molecule has 0 saturated carbocycles. The molecule has 0 aromatic carbocycles. The van der Waals surface area contributed by atoms with Crippen molar-refractivity contribution in [3.63, 3.8) is 0 Å². The molecule has 0 spiro atoms. The molecule has 0 aromatic heterocycles. The minimum absolute atomic E-state index is 0.0559. The molecule has 0 heterocycles. The van der Waals surface area contributed by atoms with E-state index in [-0.39, 0.29) is 24.9 Å². The van der Waals surface area contributed by atoms with Crippen molar-refractivity contribution >= 4 is 11.9 Å². The van der Waals surface area contributed by atoms with Crippen molar-refractivity contribution in [2.75, 3.05) is 6.61 Å². The summed E-state index contributed by atoms with van der Waals surface area (Å²) in [5.41, 5.74) is 0. The van der Waals surface area contributed by atoms with Gasteiger partial charge in [-0.1, -0.05) is 236 Å². The molecule has 0 saturated heterocycles. The maximum Gasteiger partial charge on any atom is 0.306 e. The molecule has 0 aromatic rings. The minimum atomic E-state index is -0.796. The molecule has 3 N–H and O–H groups in total. The van der Waals surface area contributed by atoms with Gasteiger partial charge in [-0.25, -0.2) is 0 Å². The van der Waals surface area contributed by atoms with Gasteiger partial charge in [0.15, 0.2) is 0 Å². The molecule has 0 aliphatic rings. The van der Waals surface area contributed by atoms with E-state index in [4.69, 9.17) is 4.74 Å². The van der Waals surface area contributed by atoms with E-state index in [1.165, 1.54) is 122 Å². The topological polar surface area (TPSA) is 95.9 Å². The van der Waals surface area contributed by atoms with Gasteiger partial charge in [0.2, 0.25) is 5.91 Å². The summed E-state index contributed by atoms with van der Waals surface area (Å²) < 4.78 is 5.90. The number of hydrogen-bond acceptors (Lipinski definition) is 5. The Morgan fingerprint density at radius 1 is 0.492 bits per heavy atom. The van der Waals surface area contributed by atoms with Gasteiger partial charge in [-0.2, -0.15) is 0 Å². The van der Waals surface area contributed by atoms with Crippen molar-refractivity contribution in [1.29, 1.82) is 0 Å². The molecule has 0 radical (unpaired) electrons. The Hall–Kier alpha value is -2.44. The first-order chi connectivity index (χ1) is 30.0. The van der Waals surface area contributed by atoms with E-state index in [0.717, 1.165) is 77.0 Å². The Kier molecular flexibility index (Phi) is 46.6. The van der Waals surface area contributed by atoms with Crippen LogP contribution in [0.5, 0.6) is 0 Å². The van der Waals surface area contributed by atoms with E-state index in [9.17, 15) is 19.8 Å². The predicted octanol–water partition coefficient (Wildman–Crippen LogP) is 15.6. The molecule has 61 heavy (non-hydrogen) atoms. The second-order valence-corrected chi connectivity index (χ2v) is 17.5. The van der Waals surface area contributed by atoms with Crippen LogP contribution in [0.25, 0.3) is 0 Å². The number of carbonyl (C=O) groups excluding carboxylic acids is 2. The molecule has 0 fully saturated rings. The molecule has 0 bridgehead atoms. The highest BCUT2D eigenvalue weighted by Crippen LogP contribution is 2.18. The number of allylic oxidation sites excluding steroid dienone is 10. The Morgan fingerprint density at radius 2 is 0.869 bits per heavy atom. The van der Waals surface area contributed by atoms with Crippen molar-refractivity contribution < 1.29 is 24.5 Å². The Labute approximate surface area is 378 Å². The van der Waals surface area contributed by atoms with E-state index in [0.29, 0.717) is 25.7 Å². The molecular weight excluding hydrogens is 755 g/mol. The van der Waals surface area contributed by atoms with Crippen LogP contribution >= 0.6 is 0 Å². The first-order valence-electron chi connectivity index (χ1n) is 26.0. The highest BCUT2D eigenvalue weighted by Gasteiger charge is 2.24. The number of nitrogens with one attached hydrogen (secondary N) is 1. The smallest absolute Gasteiger partial charge is 0.306 e. The zero-order valence-corrected chi connectivity index (χ0v) is 40.3. The van der Waals surface area contributed by atoms with E-state index >= 15 is 0 Å². The molecule has 6 heteroatoms. The predicted molar refractivity (Wildman–Crippen MR) is 264 cm³/mol. The number of ether oxygens (including phenoxy) is 1. The van der Waals surface area contributed by atoms with Gasteiger partial charge >= 0.3 is 5.97 Å². The minimum Gasteiger partial charge on any atom is -0.462 e. The molecule has 6 nitrogen and oxygen atoms in total. The fourth-order valence-electron chi connectivity index (χ4n) is 7.70. The van der Waals surface area contributed by atoms with Gasteiger partial charge in [-0.3, -0.25) is 9.59 Å². The van der Waals surface area contributed by atoms with Gasteiger partial charge in [0.25, 0.3) is 0 Å². The van der Waals surface area contributed by atoms with E-state index in [2.05, 4.69) is 86.8 Å². The summed E-state index contributed by atoms with van der Waals surface area (Å²) in [5, 5.41) is 23.8. The molecule has 0 aliphatic carbocycles. The van der Waals surface area contributed by atoms with Crippen LogP contribution < -0.4 is 5.32 Å². The van der Waals surface area contributed by atoms with Crippen LogP contribution in [0.15, 0.2) is 60.8 Å². The van der Waals surface area contributed by atoms with Crippen LogP contribution in [0.1, 0.15) is 252 Å². The van der Waals surface area contributed by atoms with Crippen molar-refractivity contribution in [3.05, 3.63) is 60.8 Å². The Morgan fingerprint density at radius 3 is 1.28 bits per heavy atom. The summed E-state index contributed by atoms with van der Waals surface area (Å²) in [6.45, 7) is 6.36. The lowest BCUT2D eigenvalue weighted by atomic mass is 10.0. The summed E-state index contributed by atoms with van der Waals surface area (Å²) in [5.74, 6) is -0.538. The number of aliphatic hydroxyl groups excluding tert-OH is 2. The Bertz CT molecular complexity index is 1090. The summed E-state index contributed by atoms with van der Waals surface area (Å²) in [7, 11) is 0. The fraction of sp³-hybridized carbons (Fsp3) is 0.782. The molecule has 1 amide bonds. The third kappa shape index (κ3) is 44.0. The van der Waals surface area contributed by atoms with Gasteiger partial charge < -0.3 is 20.3 Å². The van der Waals surface area contributed by atoms with E-state index in [1.54, 1.807) is 0 Å². The summed E-state index contributed by atoms with van der Waals surface area (Å²) >= 11 is 0. The van der Waals surface area contributed by atoms with Crippen molar-refractivity contribution in [3.8, 4) is 0 Å². The molecule has 0 rings (SSSR count). The van der Waals surface area contributed by atoms with Crippen LogP contribution in [-0.2, 0) is 14.3 Å². The highest BCUT2D eigenvalue weighted by molar-refractivity contribution is 5.77. The average Bonchev–Trinajstić information content (AvgIpc) is 3.25. The van der Waals surface area contributed by atoms with Gasteiger partial charge in [0, 0.05) is 6.42 Å². The number of unbranched alkanes of at least 4 members (excludes halogenated alkanes) is 24. The number of rotatable bonds is 46. The third-order valence-corrected chi connectivity index (χ3v) is 11.6. The standard InChI is InChI=1S/C55H99NO5/c1-4-7-10-13-16-19-22-24-26-27-28-30-33-36-39-42-45-48-55(60)61-51(46-43-40-37-34-31-21-18-15-12-9-6-3)49-54(59)56-52(50-57)53(58)47-44-41-38-35-32-29-25-23-20-17-14-11-8-5-2/h7,10,16,19,24,26,28,30,36,39,51-53,57-58H,4-6,8-9,11-15,17-18,20-23,25,27,29,31-35,37-38,40-50H2,1-3H3,(H,56,59)/b10-7-,19-16-,26-24-,30-28-,39-36-. The summed E-state index contributed by atoms with van der Waals surface area (Å²) in [4.78, 5) is 26.1. The van der Waals surface area contributed by atoms with Crippen LogP contribution in [0.3, 0.4) is 0 Å². The number of hydrogen-bond donors (Lipinski definition) is 3. The molecular formula is C55H99NO5. The van der Waals surface area contributed by atoms with Gasteiger partial charge in [-0.05, 0) is 64.2 Å². The normalized spacial score (nSPS) is 13.7. The van der Waals surface area contributed by atoms with Gasteiger partial charge in [0.05, 0.1) is 25.2 Å². The molecule has 354 valence electrons. The van der Waals surface area contributed by atoms with Crippen molar-refractivity contribution in [2.24, 2.45) is 0 Å². The monoisotopic (exact) mass is 854 g/mol. The Balaban J connectivity index is 4.61. The number of aliphatic hydroxyl groups is 2. The lowest BCUT2D eigenvalue weighted by Crippen LogP contribution is -2.46. The largest absolute Gasteiger partial charge is 0.462 e. The zero-order valence-electron chi connectivity index (χ0n) is 40.3. The highest BCUT2D eigenvalue weighted by atomic mass is 16.5. The van der Waals surface area contributed by atoms with E-state index < -0.39 is 18.2 Å². The van der Waals surface area contributed by atoms with Crippen LogP contribution in [-0.4, -0.2) is 46.9 Å². The SMILES string of the molecule is CC/C=C\C/C=C\C/C=C\C/C=C\C/C=C\CCCC(=O)OC(CCCCCCCCCCCCC)CC(=O)NC(CO)C(O)CCCCCCCCCCCCCCCC. The third-order valence-electron chi connectivity index (χ3n) is 11.6. The average molecular weight is 854 g/mol. The second kappa shape index (κ2) is 48.6. The van der Waals surface area contributed by atoms with E-state index in [1.807, 2.05) is 0 Å². The maximum absolute atomic E-state index is 13.2. The van der Waals surface area contributed by atoms with Gasteiger partial charge in [-0.15, -0.1) is 0 Å². The lowest BCUT2D eigenvalue weighted by molar-refractivity contribution is -0.151. The summed E-state index contributed by atoms with van der Waals surface area (Å²) in [6.07, 6.45) is 60.0. The fourth-order valence-corrected chi connectivity index (χ4v) is 7.70. The van der Waals surface area contributed by atoms with Crippen LogP contribution in [0.2, 0.25) is 0 Å². The lowest BCUT2D eigenvalue weighted by Gasteiger charge is -2.24. The van der Waals surface area contributed by atoms with Crippen LogP contribution in [0.4, 0.5) is 0 Å². The molecule has 3 atom stereocenters. The first-order valence-corrected chi connectivity index (χ1v) is 26.0. The second-order valence-electron chi connectivity index (χ2n) is 17.5. The number of esters is 1. The zero-order chi connectivity index (χ0) is 44.5. The first kappa shape index (κ1) is 58.6. The maximum atomic E-state index is 13.2. The van der Waals surface area contributed by atoms with Crippen molar-refractivity contribution in [1.82, 2.24) is 5.32 Å². The number of carbonyl (C=O) groups is 2. The molecule has 3 unspecified atom stereocenters.